The van der Waals surface area contributed by atoms with Crippen molar-refractivity contribution in [2.24, 2.45) is 5.92 Å². The molecular weight excluding hydrogens is 172 g/mol. The third kappa shape index (κ3) is 2.18. The van der Waals surface area contributed by atoms with E-state index in [4.69, 9.17) is 9.57 Å². The predicted molar refractivity (Wildman–Crippen MR) is 46.9 cm³/mol. The molecule has 1 fully saturated rings. The number of hydroxylamine groups is 2. The van der Waals surface area contributed by atoms with Crippen molar-refractivity contribution in [3.8, 4) is 0 Å². The van der Waals surface area contributed by atoms with Crippen molar-refractivity contribution in [3.63, 3.8) is 0 Å². The van der Waals surface area contributed by atoms with E-state index in [1.165, 1.54) is 12.2 Å². The molecule has 1 N–H and O–H groups in total. The highest BCUT2D eigenvalue weighted by molar-refractivity contribution is 5.78. The third-order valence-corrected chi connectivity index (χ3v) is 2.35. The van der Waals surface area contributed by atoms with Crippen LogP contribution in [0.4, 0.5) is 0 Å². The van der Waals surface area contributed by atoms with Gasteiger partial charge in [-0.05, 0) is 7.05 Å². The van der Waals surface area contributed by atoms with Crippen molar-refractivity contribution in [2.75, 3.05) is 34.4 Å². The van der Waals surface area contributed by atoms with Gasteiger partial charge in [-0.1, -0.05) is 0 Å². The number of ether oxygens (including phenoxy) is 1. The van der Waals surface area contributed by atoms with Gasteiger partial charge in [0, 0.05) is 13.1 Å². The van der Waals surface area contributed by atoms with Crippen molar-refractivity contribution in [1.29, 1.82) is 0 Å². The van der Waals surface area contributed by atoms with E-state index in [0.717, 1.165) is 0 Å². The Bertz CT molecular complexity index is 186. The first-order valence-electron chi connectivity index (χ1n) is 4.27. The Labute approximate surface area is 77.9 Å². The van der Waals surface area contributed by atoms with Gasteiger partial charge in [0.25, 0.3) is 5.91 Å². The summed E-state index contributed by atoms with van der Waals surface area (Å²) in [5, 5.41) is 4.29. The van der Waals surface area contributed by atoms with E-state index in [0.29, 0.717) is 13.2 Å². The van der Waals surface area contributed by atoms with Gasteiger partial charge in [-0.2, -0.15) is 0 Å². The fraction of sp³-hybridized carbons (Fsp3) is 0.875. The lowest BCUT2D eigenvalue weighted by Crippen LogP contribution is -2.42. The molecule has 1 rings (SSSR count). The van der Waals surface area contributed by atoms with Crippen LogP contribution >= 0.6 is 0 Å². The van der Waals surface area contributed by atoms with Crippen LogP contribution in [0.2, 0.25) is 0 Å². The Balaban J connectivity index is 2.54. The van der Waals surface area contributed by atoms with Gasteiger partial charge in [0.2, 0.25) is 0 Å². The summed E-state index contributed by atoms with van der Waals surface area (Å²) in [6.45, 7) is 1.06. The summed E-state index contributed by atoms with van der Waals surface area (Å²) in [7, 11) is 4.90. The summed E-state index contributed by atoms with van der Waals surface area (Å²) in [4.78, 5) is 16.4. The van der Waals surface area contributed by atoms with Crippen molar-refractivity contribution < 1.29 is 14.4 Å². The summed E-state index contributed by atoms with van der Waals surface area (Å²) in [6, 6.07) is 0.102. The monoisotopic (exact) mass is 188 g/mol. The van der Waals surface area contributed by atoms with Crippen LogP contribution in [-0.4, -0.2) is 51.4 Å². The average molecular weight is 188 g/mol. The zero-order valence-corrected chi connectivity index (χ0v) is 8.24. The second-order valence-electron chi connectivity index (χ2n) is 3.06. The van der Waals surface area contributed by atoms with Crippen LogP contribution in [0.3, 0.4) is 0 Å². The molecule has 76 valence electrons. The number of likely N-dealkylation sites (N-methyl/N-ethyl adjacent to an activating group) is 1. The summed E-state index contributed by atoms with van der Waals surface area (Å²) in [5.41, 5.74) is 0. The summed E-state index contributed by atoms with van der Waals surface area (Å²) in [6.07, 6.45) is 0. The van der Waals surface area contributed by atoms with Crippen LogP contribution in [-0.2, 0) is 14.4 Å². The third-order valence-electron chi connectivity index (χ3n) is 2.35. The number of hydrogen-bond acceptors (Lipinski definition) is 4. The van der Waals surface area contributed by atoms with Crippen molar-refractivity contribution in [3.05, 3.63) is 0 Å². The van der Waals surface area contributed by atoms with E-state index in [1.54, 1.807) is 7.05 Å². The van der Waals surface area contributed by atoms with E-state index in [-0.39, 0.29) is 17.9 Å². The van der Waals surface area contributed by atoms with E-state index in [9.17, 15) is 4.79 Å². The number of amides is 1. The Morgan fingerprint density at radius 3 is 2.85 bits per heavy atom. The maximum absolute atomic E-state index is 11.6. The van der Waals surface area contributed by atoms with Gasteiger partial charge in [-0.15, -0.1) is 0 Å². The van der Waals surface area contributed by atoms with E-state index < -0.39 is 0 Å². The number of carbonyl (C=O) groups is 1. The van der Waals surface area contributed by atoms with Gasteiger partial charge < -0.3 is 10.1 Å². The molecule has 0 radical (unpaired) electrons. The molecule has 0 aliphatic carbocycles. The number of hydrogen-bond donors (Lipinski definition) is 1. The molecule has 1 aliphatic heterocycles. The zero-order chi connectivity index (χ0) is 9.84. The number of nitrogens with one attached hydrogen (secondary N) is 1. The van der Waals surface area contributed by atoms with Gasteiger partial charge in [-0.25, -0.2) is 5.06 Å². The number of rotatable bonds is 3. The second-order valence-corrected chi connectivity index (χ2v) is 3.06. The van der Waals surface area contributed by atoms with Crippen LogP contribution in [0.5, 0.6) is 0 Å². The molecule has 2 atom stereocenters. The first-order valence-corrected chi connectivity index (χ1v) is 4.27. The minimum Gasteiger partial charge on any atom is -0.379 e. The van der Waals surface area contributed by atoms with Crippen LogP contribution in [0, 0.1) is 5.92 Å². The molecule has 13 heavy (non-hydrogen) atoms. The minimum absolute atomic E-state index is 0.0423. The fourth-order valence-corrected chi connectivity index (χ4v) is 1.41. The minimum atomic E-state index is -0.130. The van der Waals surface area contributed by atoms with Crippen molar-refractivity contribution in [1.82, 2.24) is 10.4 Å². The molecule has 0 saturated carbocycles. The highest BCUT2D eigenvalue weighted by Gasteiger charge is 2.34. The predicted octanol–water partition coefficient (Wildman–Crippen LogP) is -0.759. The number of nitrogens with zero attached hydrogens (tertiary/aromatic N) is 1. The fourth-order valence-electron chi connectivity index (χ4n) is 1.41. The smallest absolute Gasteiger partial charge is 0.252 e. The lowest BCUT2D eigenvalue weighted by atomic mass is 10.0. The molecule has 5 nitrogen and oxygen atoms in total. The van der Waals surface area contributed by atoms with Gasteiger partial charge >= 0.3 is 0 Å². The van der Waals surface area contributed by atoms with Gasteiger partial charge in [-0.3, -0.25) is 9.63 Å². The summed E-state index contributed by atoms with van der Waals surface area (Å²) in [5.74, 6) is -0.172. The average Bonchev–Trinajstić information content (AvgIpc) is 2.62. The lowest BCUT2D eigenvalue weighted by molar-refractivity contribution is -0.173. The van der Waals surface area contributed by atoms with Crippen LogP contribution < -0.4 is 5.32 Å². The number of carbonyl (C=O) groups excluding carboxylic acids is 1. The molecule has 0 aromatic carbocycles. The normalized spacial score (nSPS) is 27.6. The van der Waals surface area contributed by atoms with Gasteiger partial charge in [0.05, 0.1) is 26.2 Å². The summed E-state index contributed by atoms with van der Waals surface area (Å²) >= 11 is 0. The molecular formula is C8H16N2O3. The molecule has 1 saturated heterocycles. The first-order chi connectivity index (χ1) is 6.20. The van der Waals surface area contributed by atoms with E-state index >= 15 is 0 Å². The molecule has 1 heterocycles. The standard InChI is InChI=1S/C8H16N2O3/c1-9-7-5-13-4-6(7)8(11)10(2)12-3/h6-7,9H,4-5H2,1-3H3. The van der Waals surface area contributed by atoms with Gasteiger partial charge in [0.1, 0.15) is 0 Å². The second kappa shape index (κ2) is 4.55. The van der Waals surface area contributed by atoms with Crippen LogP contribution in [0.15, 0.2) is 0 Å². The SMILES string of the molecule is CNC1COCC1C(=O)N(C)OC. The lowest BCUT2D eigenvalue weighted by Gasteiger charge is -2.21. The Hall–Kier alpha value is -0.650. The maximum atomic E-state index is 11.6. The molecule has 0 spiro atoms. The molecule has 5 heteroatoms. The van der Waals surface area contributed by atoms with Crippen molar-refractivity contribution in [2.45, 2.75) is 6.04 Å². The van der Waals surface area contributed by atoms with Crippen LogP contribution in [0.25, 0.3) is 0 Å². The zero-order valence-electron chi connectivity index (χ0n) is 8.24. The van der Waals surface area contributed by atoms with E-state index in [1.807, 2.05) is 7.05 Å². The molecule has 0 aromatic rings. The van der Waals surface area contributed by atoms with Crippen LogP contribution in [0.1, 0.15) is 0 Å². The Morgan fingerprint density at radius 1 is 1.62 bits per heavy atom. The Morgan fingerprint density at radius 2 is 2.31 bits per heavy atom. The maximum Gasteiger partial charge on any atom is 0.252 e. The largest absolute Gasteiger partial charge is 0.379 e. The molecule has 1 aliphatic rings. The molecule has 0 aromatic heterocycles. The Kier molecular flexibility index (Phi) is 3.65. The highest BCUT2D eigenvalue weighted by atomic mass is 16.7. The molecule has 1 amide bonds. The quantitative estimate of drug-likeness (QED) is 0.591. The first kappa shape index (κ1) is 10.4. The van der Waals surface area contributed by atoms with E-state index in [2.05, 4.69) is 5.32 Å². The van der Waals surface area contributed by atoms with Gasteiger partial charge in [0.15, 0.2) is 0 Å². The summed E-state index contributed by atoms with van der Waals surface area (Å²) < 4.78 is 5.21. The molecule has 0 bridgehead atoms. The highest BCUT2D eigenvalue weighted by Crippen LogP contribution is 2.15. The topological polar surface area (TPSA) is 50.8 Å². The molecule has 2 unspecified atom stereocenters. The van der Waals surface area contributed by atoms with Crippen molar-refractivity contribution >= 4 is 5.91 Å².